The van der Waals surface area contributed by atoms with Crippen molar-refractivity contribution in [1.29, 1.82) is 0 Å². The van der Waals surface area contributed by atoms with Gasteiger partial charge in [0.1, 0.15) is 17.6 Å². The molecule has 0 unspecified atom stereocenters. The first kappa shape index (κ1) is 12.1. The second-order valence-electron chi connectivity index (χ2n) is 4.23. The normalized spacial score (nSPS) is 10.6. The molecule has 20 heavy (non-hydrogen) atoms. The summed E-state index contributed by atoms with van der Waals surface area (Å²) in [7, 11) is 0. The molecule has 0 radical (unpaired) electrons. The van der Waals surface area contributed by atoms with Gasteiger partial charge in [0.2, 0.25) is 5.89 Å². The van der Waals surface area contributed by atoms with Crippen molar-refractivity contribution in [2.24, 2.45) is 0 Å². The predicted molar refractivity (Wildman–Crippen MR) is 71.9 cm³/mol. The van der Waals surface area contributed by atoms with E-state index in [-0.39, 0.29) is 28.3 Å². The Kier molecular flexibility index (Phi) is 2.80. The van der Waals surface area contributed by atoms with Crippen molar-refractivity contribution in [3.05, 3.63) is 47.5 Å². The molecule has 2 aromatic carbocycles. The highest BCUT2D eigenvalue weighted by molar-refractivity contribution is 5.90. The summed E-state index contributed by atoms with van der Waals surface area (Å²) in [6.45, 7) is 0. The van der Waals surface area contributed by atoms with Crippen molar-refractivity contribution < 1.29 is 19.1 Å². The third-order valence-electron chi connectivity index (χ3n) is 2.95. The van der Waals surface area contributed by atoms with Gasteiger partial charge in [-0.15, -0.1) is 0 Å². The summed E-state index contributed by atoms with van der Waals surface area (Å²) in [4.78, 5) is 26.1. The van der Waals surface area contributed by atoms with E-state index in [0.717, 1.165) is 0 Å². The molecule has 0 aliphatic heterocycles. The van der Waals surface area contributed by atoms with Gasteiger partial charge in [0, 0.05) is 5.56 Å². The van der Waals surface area contributed by atoms with Crippen LogP contribution in [0, 0.1) is 0 Å². The minimum absolute atomic E-state index is 0.0202. The number of nitrogens with zero attached hydrogens (tertiary/aromatic N) is 1. The van der Waals surface area contributed by atoms with Crippen LogP contribution in [0.5, 0.6) is 5.75 Å². The first-order valence-corrected chi connectivity index (χ1v) is 5.86. The Hall–Kier alpha value is -2.95. The molecule has 1 heterocycles. The van der Waals surface area contributed by atoms with Crippen LogP contribution in [0.1, 0.15) is 20.7 Å². The number of benzene rings is 2. The molecule has 5 nitrogen and oxygen atoms in total. The SMILES string of the molecule is O=Cc1cc(C=O)c(O)c(-c2nc3ccccc3o2)c1. The van der Waals surface area contributed by atoms with Crippen molar-refractivity contribution in [2.75, 3.05) is 0 Å². The Morgan fingerprint density at radius 2 is 1.90 bits per heavy atom. The number of phenolic OH excluding ortho intramolecular Hbond substituents is 1. The average Bonchev–Trinajstić information content (AvgIpc) is 2.91. The van der Waals surface area contributed by atoms with Gasteiger partial charge in [-0.1, -0.05) is 12.1 Å². The molecule has 0 aliphatic rings. The van der Waals surface area contributed by atoms with E-state index in [4.69, 9.17) is 4.42 Å². The molecular formula is C15H9NO4. The lowest BCUT2D eigenvalue weighted by molar-refractivity contribution is 0.112. The zero-order valence-electron chi connectivity index (χ0n) is 10.2. The molecule has 0 spiro atoms. The van der Waals surface area contributed by atoms with Crippen LogP contribution in [0.15, 0.2) is 40.8 Å². The minimum Gasteiger partial charge on any atom is -0.506 e. The monoisotopic (exact) mass is 267 g/mol. The lowest BCUT2D eigenvalue weighted by Gasteiger charge is -2.04. The highest BCUT2D eigenvalue weighted by Crippen LogP contribution is 2.33. The van der Waals surface area contributed by atoms with E-state index in [1.807, 2.05) is 6.07 Å². The summed E-state index contributed by atoms with van der Waals surface area (Å²) < 4.78 is 5.53. The lowest BCUT2D eigenvalue weighted by Crippen LogP contribution is -1.90. The Morgan fingerprint density at radius 1 is 1.10 bits per heavy atom. The maximum Gasteiger partial charge on any atom is 0.231 e. The van der Waals surface area contributed by atoms with Gasteiger partial charge in [0.15, 0.2) is 11.9 Å². The van der Waals surface area contributed by atoms with Gasteiger partial charge in [-0.2, -0.15) is 0 Å². The van der Waals surface area contributed by atoms with Gasteiger partial charge in [-0.05, 0) is 24.3 Å². The van der Waals surface area contributed by atoms with E-state index >= 15 is 0 Å². The zero-order chi connectivity index (χ0) is 14.1. The number of aldehydes is 2. The topological polar surface area (TPSA) is 80.4 Å². The van der Waals surface area contributed by atoms with Crippen LogP contribution in [0.25, 0.3) is 22.6 Å². The maximum atomic E-state index is 10.9. The number of phenols is 1. The van der Waals surface area contributed by atoms with Crippen molar-refractivity contribution in [2.45, 2.75) is 0 Å². The number of oxazole rings is 1. The summed E-state index contributed by atoms with van der Waals surface area (Å²) in [5.41, 5.74) is 1.69. The summed E-state index contributed by atoms with van der Waals surface area (Å²) in [6, 6.07) is 9.86. The highest BCUT2D eigenvalue weighted by Gasteiger charge is 2.16. The Balaban J connectivity index is 2.27. The van der Waals surface area contributed by atoms with Gasteiger partial charge >= 0.3 is 0 Å². The predicted octanol–water partition coefficient (Wildman–Crippen LogP) is 2.83. The zero-order valence-corrected chi connectivity index (χ0v) is 10.2. The molecular weight excluding hydrogens is 258 g/mol. The molecule has 1 N–H and O–H groups in total. The summed E-state index contributed by atoms with van der Waals surface area (Å²) in [5, 5.41) is 10.0. The van der Waals surface area contributed by atoms with Crippen LogP contribution in [-0.2, 0) is 0 Å². The van der Waals surface area contributed by atoms with E-state index in [9.17, 15) is 14.7 Å². The number of fused-ring (bicyclic) bond motifs is 1. The minimum atomic E-state index is -0.253. The highest BCUT2D eigenvalue weighted by atomic mass is 16.3. The second-order valence-corrected chi connectivity index (χ2v) is 4.23. The fourth-order valence-corrected chi connectivity index (χ4v) is 1.99. The molecule has 0 bridgehead atoms. The van der Waals surface area contributed by atoms with E-state index in [1.165, 1.54) is 12.1 Å². The number of carbonyl (C=O) groups is 2. The quantitative estimate of drug-likeness (QED) is 0.738. The van der Waals surface area contributed by atoms with Crippen molar-refractivity contribution in [1.82, 2.24) is 4.98 Å². The smallest absolute Gasteiger partial charge is 0.231 e. The van der Waals surface area contributed by atoms with Gasteiger partial charge in [0.25, 0.3) is 0 Å². The van der Waals surface area contributed by atoms with Crippen LogP contribution < -0.4 is 0 Å². The second kappa shape index (κ2) is 4.62. The molecule has 3 aromatic rings. The standard InChI is InChI=1S/C15H9NO4/c17-7-9-5-10(8-18)14(19)11(6-9)15-16-12-3-1-2-4-13(12)20-15/h1-8,19H. The van der Waals surface area contributed by atoms with Crippen LogP contribution in [0.3, 0.4) is 0 Å². The first-order valence-electron chi connectivity index (χ1n) is 5.86. The largest absolute Gasteiger partial charge is 0.506 e. The number of rotatable bonds is 3. The number of aromatic nitrogens is 1. The van der Waals surface area contributed by atoms with E-state index in [0.29, 0.717) is 23.7 Å². The lowest BCUT2D eigenvalue weighted by atomic mass is 10.1. The van der Waals surface area contributed by atoms with E-state index in [1.54, 1.807) is 18.2 Å². The van der Waals surface area contributed by atoms with Crippen LogP contribution in [0.4, 0.5) is 0 Å². The summed E-state index contributed by atoms with van der Waals surface area (Å²) in [5.74, 6) is -0.0901. The Morgan fingerprint density at radius 3 is 2.60 bits per heavy atom. The van der Waals surface area contributed by atoms with Gasteiger partial charge in [0.05, 0.1) is 11.1 Å². The third-order valence-corrected chi connectivity index (χ3v) is 2.95. The number of para-hydroxylation sites is 2. The van der Waals surface area contributed by atoms with Crippen molar-refractivity contribution in [3.63, 3.8) is 0 Å². The molecule has 0 aliphatic carbocycles. The first-order chi connectivity index (χ1) is 9.72. The van der Waals surface area contributed by atoms with Crippen molar-refractivity contribution in [3.8, 4) is 17.2 Å². The molecule has 0 atom stereocenters. The molecule has 0 saturated heterocycles. The molecule has 0 fully saturated rings. The maximum absolute atomic E-state index is 10.9. The summed E-state index contributed by atoms with van der Waals surface area (Å²) in [6.07, 6.45) is 1.08. The fourth-order valence-electron chi connectivity index (χ4n) is 1.99. The molecule has 5 heteroatoms. The number of aromatic hydroxyl groups is 1. The van der Waals surface area contributed by atoms with Gasteiger partial charge in [-0.25, -0.2) is 4.98 Å². The molecule has 3 rings (SSSR count). The van der Waals surface area contributed by atoms with Crippen LogP contribution in [-0.4, -0.2) is 22.7 Å². The van der Waals surface area contributed by atoms with E-state index in [2.05, 4.69) is 4.98 Å². The van der Waals surface area contributed by atoms with E-state index < -0.39 is 0 Å². The molecule has 98 valence electrons. The van der Waals surface area contributed by atoms with Gasteiger partial charge in [-0.3, -0.25) is 9.59 Å². The average molecular weight is 267 g/mol. The Bertz CT molecular complexity index is 787. The Labute approximate surface area is 113 Å². The van der Waals surface area contributed by atoms with Crippen LogP contribution in [0.2, 0.25) is 0 Å². The molecule has 0 saturated carbocycles. The number of hydrogen-bond donors (Lipinski definition) is 1. The van der Waals surface area contributed by atoms with Crippen LogP contribution >= 0.6 is 0 Å². The number of hydrogen-bond acceptors (Lipinski definition) is 5. The third kappa shape index (κ3) is 1.85. The van der Waals surface area contributed by atoms with Crippen molar-refractivity contribution >= 4 is 23.7 Å². The fraction of sp³-hybridized carbons (Fsp3) is 0. The molecule has 0 amide bonds. The number of carbonyl (C=O) groups excluding carboxylic acids is 2. The summed E-state index contributed by atoms with van der Waals surface area (Å²) >= 11 is 0. The van der Waals surface area contributed by atoms with Gasteiger partial charge < -0.3 is 9.52 Å². The molecule has 1 aromatic heterocycles.